The summed E-state index contributed by atoms with van der Waals surface area (Å²) in [7, 11) is 0. The number of nitrogens with one attached hydrogen (secondary N) is 3. The normalized spacial score (nSPS) is 27.8. The smallest absolute Gasteiger partial charge is 0.242 e. The first-order chi connectivity index (χ1) is 11.2. The third-order valence-electron chi connectivity index (χ3n) is 4.60. The molecule has 0 unspecified atom stereocenters. The lowest BCUT2D eigenvalue weighted by Crippen LogP contribution is -2.52. The number of hydrogen-bond donors (Lipinski definition) is 3. The lowest BCUT2D eigenvalue weighted by atomic mass is 9.85. The van der Waals surface area contributed by atoms with Gasteiger partial charge in [-0.15, -0.1) is 0 Å². The highest BCUT2D eigenvalue weighted by Gasteiger charge is 2.30. The molecule has 3 rings (SSSR count). The van der Waals surface area contributed by atoms with Gasteiger partial charge < -0.3 is 16.0 Å². The lowest BCUT2D eigenvalue weighted by Gasteiger charge is -2.30. The molecule has 3 N–H and O–H groups in total. The number of anilines is 1. The van der Waals surface area contributed by atoms with Crippen molar-refractivity contribution in [2.45, 2.75) is 50.6 Å². The predicted molar refractivity (Wildman–Crippen MR) is 85.6 cm³/mol. The zero-order valence-corrected chi connectivity index (χ0v) is 13.1. The Labute approximate surface area is 135 Å². The molecule has 7 heteroatoms. The van der Waals surface area contributed by atoms with Gasteiger partial charge in [0.2, 0.25) is 17.8 Å². The fourth-order valence-electron chi connectivity index (χ4n) is 3.26. The summed E-state index contributed by atoms with van der Waals surface area (Å²) in [6.07, 6.45) is 8.55. The fraction of sp³-hybridized carbons (Fsp3) is 0.625. The Balaban J connectivity index is 1.45. The van der Waals surface area contributed by atoms with Crippen molar-refractivity contribution < 1.29 is 9.59 Å². The molecule has 0 aromatic carbocycles. The van der Waals surface area contributed by atoms with E-state index in [-0.39, 0.29) is 23.8 Å². The van der Waals surface area contributed by atoms with Crippen LogP contribution < -0.4 is 16.0 Å². The van der Waals surface area contributed by atoms with Gasteiger partial charge in [0.15, 0.2) is 0 Å². The van der Waals surface area contributed by atoms with E-state index in [2.05, 4.69) is 25.9 Å². The van der Waals surface area contributed by atoms with Gasteiger partial charge >= 0.3 is 0 Å². The van der Waals surface area contributed by atoms with Gasteiger partial charge in [-0.25, -0.2) is 9.97 Å². The summed E-state index contributed by atoms with van der Waals surface area (Å²) in [5.41, 5.74) is 0. The Bertz CT molecular complexity index is 543. The number of rotatable bonds is 4. The molecule has 7 nitrogen and oxygen atoms in total. The van der Waals surface area contributed by atoms with Crippen molar-refractivity contribution in [3.05, 3.63) is 18.5 Å². The first-order valence-corrected chi connectivity index (χ1v) is 8.34. The van der Waals surface area contributed by atoms with Crippen LogP contribution >= 0.6 is 0 Å². The first kappa shape index (κ1) is 15.7. The molecule has 2 amide bonds. The van der Waals surface area contributed by atoms with Crippen LogP contribution in [0.25, 0.3) is 0 Å². The van der Waals surface area contributed by atoms with E-state index in [0.29, 0.717) is 18.5 Å². The number of amides is 2. The molecule has 1 aliphatic heterocycles. The van der Waals surface area contributed by atoms with Gasteiger partial charge in [0.25, 0.3) is 0 Å². The number of nitrogens with zero attached hydrogens (tertiary/aromatic N) is 2. The van der Waals surface area contributed by atoms with Crippen LogP contribution in [0.3, 0.4) is 0 Å². The van der Waals surface area contributed by atoms with Gasteiger partial charge in [-0.2, -0.15) is 0 Å². The van der Waals surface area contributed by atoms with Crippen LogP contribution in [0.4, 0.5) is 5.95 Å². The first-order valence-electron chi connectivity index (χ1n) is 8.34. The third kappa shape index (κ3) is 4.18. The van der Waals surface area contributed by atoms with Crippen molar-refractivity contribution in [1.29, 1.82) is 0 Å². The number of piperidine rings is 1. The SMILES string of the molecule is O=C(N[C@H]1CCCNC1=O)C1CCC(Nc2ncccn2)CC1. The van der Waals surface area contributed by atoms with Gasteiger partial charge in [-0.3, -0.25) is 9.59 Å². The van der Waals surface area contributed by atoms with E-state index in [1.54, 1.807) is 18.5 Å². The highest BCUT2D eigenvalue weighted by molar-refractivity contribution is 5.88. The monoisotopic (exact) mass is 317 g/mol. The Morgan fingerprint density at radius 2 is 1.87 bits per heavy atom. The number of carbonyl (C=O) groups is 2. The number of carbonyl (C=O) groups excluding carboxylic acids is 2. The molecule has 0 radical (unpaired) electrons. The molecule has 2 fully saturated rings. The quantitative estimate of drug-likeness (QED) is 0.765. The van der Waals surface area contributed by atoms with E-state index < -0.39 is 0 Å². The summed E-state index contributed by atoms with van der Waals surface area (Å²) < 4.78 is 0. The lowest BCUT2D eigenvalue weighted by molar-refractivity contribution is -0.132. The molecule has 1 saturated carbocycles. The van der Waals surface area contributed by atoms with Crippen molar-refractivity contribution >= 4 is 17.8 Å². The fourth-order valence-corrected chi connectivity index (χ4v) is 3.26. The highest BCUT2D eigenvalue weighted by Crippen LogP contribution is 2.26. The van der Waals surface area contributed by atoms with E-state index in [0.717, 1.165) is 38.5 Å². The summed E-state index contributed by atoms with van der Waals surface area (Å²) >= 11 is 0. The number of hydrogen-bond acceptors (Lipinski definition) is 5. The molecule has 1 aromatic rings. The summed E-state index contributed by atoms with van der Waals surface area (Å²) in [6, 6.07) is 1.73. The Morgan fingerprint density at radius 1 is 1.13 bits per heavy atom. The second kappa shape index (κ2) is 7.39. The Kier molecular flexibility index (Phi) is 5.05. The van der Waals surface area contributed by atoms with E-state index in [1.165, 1.54) is 0 Å². The molecule has 0 spiro atoms. The van der Waals surface area contributed by atoms with Crippen LogP contribution in [-0.2, 0) is 9.59 Å². The zero-order valence-electron chi connectivity index (χ0n) is 13.1. The summed E-state index contributed by atoms with van der Waals surface area (Å²) in [6.45, 7) is 0.712. The maximum Gasteiger partial charge on any atom is 0.242 e. The van der Waals surface area contributed by atoms with E-state index >= 15 is 0 Å². The molecule has 124 valence electrons. The van der Waals surface area contributed by atoms with Crippen molar-refractivity contribution in [3.63, 3.8) is 0 Å². The minimum atomic E-state index is -0.357. The van der Waals surface area contributed by atoms with Crippen LogP contribution in [0.15, 0.2) is 18.5 Å². The minimum Gasteiger partial charge on any atom is -0.354 e. The van der Waals surface area contributed by atoms with Gasteiger partial charge in [-0.1, -0.05) is 0 Å². The minimum absolute atomic E-state index is 0.000492. The van der Waals surface area contributed by atoms with Gasteiger partial charge in [0.05, 0.1) is 0 Å². The van der Waals surface area contributed by atoms with Crippen molar-refractivity contribution in [1.82, 2.24) is 20.6 Å². The van der Waals surface area contributed by atoms with Crippen LogP contribution in [-0.4, -0.2) is 40.4 Å². The largest absolute Gasteiger partial charge is 0.354 e. The third-order valence-corrected chi connectivity index (χ3v) is 4.60. The van der Waals surface area contributed by atoms with Crippen molar-refractivity contribution in [2.75, 3.05) is 11.9 Å². The Hall–Kier alpha value is -2.18. The van der Waals surface area contributed by atoms with Crippen LogP contribution in [0, 0.1) is 5.92 Å². The average Bonchev–Trinajstić information content (AvgIpc) is 2.58. The molecule has 23 heavy (non-hydrogen) atoms. The standard InChI is InChI=1S/C16H23N5O2/c22-14(21-13-3-1-8-17-15(13)23)11-4-6-12(7-5-11)20-16-18-9-2-10-19-16/h2,9-13H,1,3-8H2,(H,17,23)(H,21,22)(H,18,19,20)/t11?,12?,13-/m0/s1. The van der Waals surface area contributed by atoms with Gasteiger partial charge in [-0.05, 0) is 44.6 Å². The second-order valence-corrected chi connectivity index (χ2v) is 6.26. The van der Waals surface area contributed by atoms with Crippen molar-refractivity contribution in [3.8, 4) is 0 Å². The molecule has 2 aliphatic rings. The second-order valence-electron chi connectivity index (χ2n) is 6.26. The predicted octanol–water partition coefficient (Wildman–Crippen LogP) is 0.842. The molecule has 1 aromatic heterocycles. The Morgan fingerprint density at radius 3 is 2.57 bits per heavy atom. The molecule has 2 heterocycles. The number of aromatic nitrogens is 2. The van der Waals surface area contributed by atoms with Gasteiger partial charge in [0.1, 0.15) is 6.04 Å². The maximum absolute atomic E-state index is 12.3. The summed E-state index contributed by atoms with van der Waals surface area (Å²) in [5.74, 6) is 0.599. The zero-order chi connectivity index (χ0) is 16.1. The molecular weight excluding hydrogens is 294 g/mol. The van der Waals surface area contributed by atoms with Crippen molar-refractivity contribution in [2.24, 2.45) is 5.92 Å². The van der Waals surface area contributed by atoms with Crippen LogP contribution in [0.1, 0.15) is 38.5 Å². The molecular formula is C16H23N5O2. The molecule has 1 aliphatic carbocycles. The van der Waals surface area contributed by atoms with E-state index in [4.69, 9.17) is 0 Å². The van der Waals surface area contributed by atoms with E-state index in [9.17, 15) is 9.59 Å². The molecule has 1 atom stereocenters. The summed E-state index contributed by atoms with van der Waals surface area (Å²) in [5, 5.41) is 9.01. The van der Waals surface area contributed by atoms with E-state index in [1.807, 2.05) is 0 Å². The summed E-state index contributed by atoms with van der Waals surface area (Å²) in [4.78, 5) is 32.4. The average molecular weight is 317 g/mol. The van der Waals surface area contributed by atoms with Crippen LogP contribution in [0.2, 0.25) is 0 Å². The topological polar surface area (TPSA) is 96.0 Å². The van der Waals surface area contributed by atoms with Gasteiger partial charge in [0, 0.05) is 30.9 Å². The molecule has 1 saturated heterocycles. The highest BCUT2D eigenvalue weighted by atomic mass is 16.2. The van der Waals surface area contributed by atoms with Crippen LogP contribution in [0.5, 0.6) is 0 Å². The molecule has 0 bridgehead atoms. The maximum atomic E-state index is 12.3.